The Bertz CT molecular complexity index is 446. The van der Waals surface area contributed by atoms with Crippen LogP contribution in [0.3, 0.4) is 0 Å². The number of carbonyl (C=O) groups excluding carboxylic acids is 1. The van der Waals surface area contributed by atoms with Crippen molar-refractivity contribution in [1.29, 1.82) is 5.41 Å². The summed E-state index contributed by atoms with van der Waals surface area (Å²) in [6.07, 6.45) is -0.648. The normalized spacial score (nSPS) is 21.0. The van der Waals surface area contributed by atoms with E-state index >= 15 is 0 Å². The fourth-order valence-corrected chi connectivity index (χ4v) is 1.70. The summed E-state index contributed by atoms with van der Waals surface area (Å²) in [7, 11) is 1.29. The molecule has 1 aliphatic heterocycles. The first-order valence-electron chi connectivity index (χ1n) is 6.46. The van der Waals surface area contributed by atoms with Crippen LogP contribution in [0, 0.1) is 15.5 Å². The molecule has 1 unspecified atom stereocenters. The first kappa shape index (κ1) is 17.0. The predicted molar refractivity (Wildman–Crippen MR) is 73.8 cm³/mol. The number of amides is 1. The van der Waals surface area contributed by atoms with E-state index in [1.54, 1.807) is 13.8 Å². The van der Waals surface area contributed by atoms with Gasteiger partial charge in [0, 0.05) is 25.2 Å². The van der Waals surface area contributed by atoms with Crippen LogP contribution in [0.5, 0.6) is 0 Å². The maximum Gasteiger partial charge on any atom is 0.346 e. The molecule has 0 radical (unpaired) electrons. The summed E-state index contributed by atoms with van der Waals surface area (Å²) in [5.41, 5.74) is 0. The van der Waals surface area contributed by atoms with E-state index in [2.05, 4.69) is 10.3 Å². The number of hydrogen-bond acceptors (Lipinski definition) is 7. The summed E-state index contributed by atoms with van der Waals surface area (Å²) in [6.45, 7) is 4.37. The average Bonchev–Trinajstić information content (AvgIpc) is 2.42. The molecule has 0 aliphatic carbocycles. The standard InChI is InChI=1S/C11H19N5O5/c1-4-20-7(21-5-2)6-13-9-8(16(18)19)10(17)15(3)11(12)14-9/h7-8H,4-6H2,1-3H3,(H2,12,13,14). The molecule has 0 aromatic heterocycles. The lowest BCUT2D eigenvalue weighted by Crippen LogP contribution is -2.62. The lowest BCUT2D eigenvalue weighted by atomic mass is 10.2. The Kier molecular flexibility index (Phi) is 6.18. The van der Waals surface area contributed by atoms with Crippen molar-refractivity contribution in [2.75, 3.05) is 26.8 Å². The van der Waals surface area contributed by atoms with Gasteiger partial charge in [-0.15, -0.1) is 0 Å². The van der Waals surface area contributed by atoms with Crippen LogP contribution >= 0.6 is 0 Å². The van der Waals surface area contributed by atoms with Crippen LogP contribution in [0.15, 0.2) is 4.99 Å². The SMILES string of the molecule is CCOC(CN=C1NC(=N)N(C)C(=O)C1[N+](=O)[O-])OCC. The van der Waals surface area contributed by atoms with Crippen molar-refractivity contribution in [1.82, 2.24) is 10.2 Å². The van der Waals surface area contributed by atoms with E-state index in [0.29, 0.717) is 13.2 Å². The molecule has 10 heteroatoms. The molecule has 21 heavy (non-hydrogen) atoms. The van der Waals surface area contributed by atoms with E-state index in [-0.39, 0.29) is 18.3 Å². The van der Waals surface area contributed by atoms with Crippen LogP contribution in [0.4, 0.5) is 0 Å². The largest absolute Gasteiger partial charge is 0.351 e. The first-order valence-corrected chi connectivity index (χ1v) is 6.46. The Morgan fingerprint density at radius 2 is 2.05 bits per heavy atom. The van der Waals surface area contributed by atoms with Crippen LogP contribution in [0.2, 0.25) is 0 Å². The Morgan fingerprint density at radius 1 is 1.48 bits per heavy atom. The zero-order valence-electron chi connectivity index (χ0n) is 12.2. The van der Waals surface area contributed by atoms with Crippen LogP contribution in [0.1, 0.15) is 13.8 Å². The number of nitro groups is 1. The molecule has 118 valence electrons. The summed E-state index contributed by atoms with van der Waals surface area (Å²) in [5.74, 6) is -1.26. The molecule has 0 aromatic rings. The van der Waals surface area contributed by atoms with E-state index in [0.717, 1.165) is 4.90 Å². The molecule has 1 aliphatic rings. The molecule has 10 nitrogen and oxygen atoms in total. The maximum absolute atomic E-state index is 11.8. The average molecular weight is 301 g/mol. The monoisotopic (exact) mass is 301 g/mol. The number of nitrogens with zero attached hydrogens (tertiary/aromatic N) is 3. The van der Waals surface area contributed by atoms with Crippen molar-refractivity contribution in [3.8, 4) is 0 Å². The maximum atomic E-state index is 11.8. The van der Waals surface area contributed by atoms with Crippen molar-refractivity contribution in [2.24, 2.45) is 4.99 Å². The van der Waals surface area contributed by atoms with Gasteiger partial charge < -0.3 is 14.8 Å². The van der Waals surface area contributed by atoms with Gasteiger partial charge >= 0.3 is 11.9 Å². The first-order chi connectivity index (χ1) is 9.92. The predicted octanol–water partition coefficient (Wildman–Crippen LogP) is -0.574. The van der Waals surface area contributed by atoms with Gasteiger partial charge in [0.2, 0.25) is 5.96 Å². The highest BCUT2D eigenvalue weighted by atomic mass is 16.7. The Hall–Kier alpha value is -2.07. The molecule has 1 amide bonds. The summed E-state index contributed by atoms with van der Waals surface area (Å²) in [6, 6.07) is -1.65. The quantitative estimate of drug-likeness (QED) is 0.368. The van der Waals surface area contributed by atoms with Gasteiger partial charge in [-0.25, -0.2) is 0 Å². The minimum absolute atomic E-state index is 0.00136. The number of aliphatic imine (C=N–C) groups is 1. The van der Waals surface area contributed by atoms with Crippen molar-refractivity contribution in [3.05, 3.63) is 10.1 Å². The zero-order valence-corrected chi connectivity index (χ0v) is 12.2. The van der Waals surface area contributed by atoms with Gasteiger partial charge in [-0.2, -0.15) is 0 Å². The lowest BCUT2D eigenvalue weighted by molar-refractivity contribution is -0.490. The third-order valence-electron chi connectivity index (χ3n) is 2.73. The highest BCUT2D eigenvalue weighted by Gasteiger charge is 2.44. The molecular formula is C11H19N5O5. The smallest absolute Gasteiger partial charge is 0.346 e. The Balaban J connectivity index is 2.90. The molecule has 0 bridgehead atoms. The van der Waals surface area contributed by atoms with Gasteiger partial charge in [-0.1, -0.05) is 0 Å². The summed E-state index contributed by atoms with van der Waals surface area (Å²) >= 11 is 0. The summed E-state index contributed by atoms with van der Waals surface area (Å²) in [4.78, 5) is 27.0. The zero-order chi connectivity index (χ0) is 16.0. The fraction of sp³-hybridized carbons (Fsp3) is 0.727. The molecule has 0 aromatic carbocycles. The van der Waals surface area contributed by atoms with E-state index in [4.69, 9.17) is 14.9 Å². The number of nitrogens with one attached hydrogen (secondary N) is 2. The lowest BCUT2D eigenvalue weighted by Gasteiger charge is -2.27. The van der Waals surface area contributed by atoms with Gasteiger partial charge in [0.15, 0.2) is 12.1 Å². The molecule has 1 atom stereocenters. The van der Waals surface area contributed by atoms with Crippen LogP contribution in [-0.4, -0.2) is 66.7 Å². The van der Waals surface area contributed by atoms with E-state index in [9.17, 15) is 14.9 Å². The topological polar surface area (TPSA) is 130 Å². The minimum Gasteiger partial charge on any atom is -0.351 e. The minimum atomic E-state index is -1.65. The fourth-order valence-electron chi connectivity index (χ4n) is 1.70. The second kappa shape index (κ2) is 7.64. The number of ether oxygens (including phenoxy) is 2. The van der Waals surface area contributed by atoms with Crippen molar-refractivity contribution >= 4 is 17.7 Å². The van der Waals surface area contributed by atoms with Gasteiger partial charge in [0.05, 0.1) is 6.54 Å². The molecule has 1 heterocycles. The molecule has 1 saturated heterocycles. The third-order valence-corrected chi connectivity index (χ3v) is 2.73. The van der Waals surface area contributed by atoms with Crippen molar-refractivity contribution in [3.63, 3.8) is 0 Å². The van der Waals surface area contributed by atoms with Gasteiger partial charge in [-0.05, 0) is 13.8 Å². The second-order valence-corrected chi connectivity index (χ2v) is 4.12. The number of amidine groups is 1. The van der Waals surface area contributed by atoms with Crippen LogP contribution < -0.4 is 5.32 Å². The highest BCUT2D eigenvalue weighted by Crippen LogP contribution is 2.06. The summed E-state index contributed by atoms with van der Waals surface area (Å²) < 4.78 is 10.5. The van der Waals surface area contributed by atoms with Gasteiger partial charge in [0.1, 0.15) is 0 Å². The van der Waals surface area contributed by atoms with Crippen LogP contribution in [-0.2, 0) is 14.3 Å². The molecule has 0 spiro atoms. The Labute approximate surface area is 121 Å². The number of rotatable bonds is 7. The third kappa shape index (κ3) is 4.20. The highest BCUT2D eigenvalue weighted by molar-refractivity contribution is 6.20. The number of guanidine groups is 1. The van der Waals surface area contributed by atoms with E-state index < -0.39 is 23.2 Å². The summed E-state index contributed by atoms with van der Waals surface area (Å²) in [5, 5.41) is 21.0. The molecule has 2 N–H and O–H groups in total. The number of carbonyl (C=O) groups is 1. The Morgan fingerprint density at radius 3 is 2.52 bits per heavy atom. The van der Waals surface area contributed by atoms with Crippen LogP contribution in [0.25, 0.3) is 0 Å². The van der Waals surface area contributed by atoms with E-state index in [1.807, 2.05) is 0 Å². The second-order valence-electron chi connectivity index (χ2n) is 4.12. The molecule has 1 fully saturated rings. The van der Waals surface area contributed by atoms with E-state index in [1.165, 1.54) is 7.05 Å². The number of likely N-dealkylation sites (N-methyl/N-ethyl adjacent to an activating group) is 1. The molecular weight excluding hydrogens is 282 g/mol. The van der Waals surface area contributed by atoms with Gasteiger partial charge in [-0.3, -0.25) is 30.2 Å². The van der Waals surface area contributed by atoms with Gasteiger partial charge in [0.25, 0.3) is 0 Å². The van der Waals surface area contributed by atoms with Crippen molar-refractivity contribution in [2.45, 2.75) is 26.2 Å². The van der Waals surface area contributed by atoms with Crippen molar-refractivity contribution < 1.29 is 19.2 Å². The number of hydrogen-bond donors (Lipinski definition) is 2. The molecule has 1 rings (SSSR count). The molecule has 0 saturated carbocycles.